The maximum Gasteiger partial charge on any atom is 0.236 e. The van der Waals surface area contributed by atoms with E-state index in [-0.39, 0.29) is 9.92 Å². The van der Waals surface area contributed by atoms with Gasteiger partial charge in [0.2, 0.25) is 20.7 Å². The van der Waals surface area contributed by atoms with Crippen molar-refractivity contribution < 1.29 is 12.8 Å². The smallest absolute Gasteiger partial charge is 0.236 e. The van der Waals surface area contributed by atoms with E-state index in [0.717, 1.165) is 37.9 Å². The van der Waals surface area contributed by atoms with Crippen LogP contribution in [-0.2, 0) is 22.7 Å². The number of benzene rings is 1. The number of aryl methyl sites for hydroxylation is 1. The Morgan fingerprint density at radius 1 is 1.19 bits per heavy atom. The van der Waals surface area contributed by atoms with E-state index in [2.05, 4.69) is 32.7 Å². The summed E-state index contributed by atoms with van der Waals surface area (Å²) in [5.74, 6) is 1.91. The molecule has 2 aromatic rings. The first kappa shape index (κ1) is 19.9. The Morgan fingerprint density at radius 3 is 2.37 bits per heavy atom. The van der Waals surface area contributed by atoms with Gasteiger partial charge in [0.25, 0.3) is 0 Å². The van der Waals surface area contributed by atoms with Crippen LogP contribution in [0.3, 0.4) is 0 Å². The van der Waals surface area contributed by atoms with Gasteiger partial charge in [-0.25, -0.2) is 8.42 Å². The number of hydrogen-bond acceptors (Lipinski definition) is 5. The van der Waals surface area contributed by atoms with Crippen LogP contribution >= 0.6 is 0 Å². The molecule has 2 heterocycles. The summed E-state index contributed by atoms with van der Waals surface area (Å²) in [6.07, 6.45) is 3.57. The molecule has 0 saturated carbocycles. The van der Waals surface area contributed by atoms with Gasteiger partial charge >= 0.3 is 0 Å². The predicted octanol–water partition coefficient (Wildman–Crippen LogP) is 4.50. The minimum Gasteiger partial charge on any atom is -0.424 e. The highest BCUT2D eigenvalue weighted by Gasteiger charge is 2.32. The summed E-state index contributed by atoms with van der Waals surface area (Å²) in [6.45, 7) is 10.0. The van der Waals surface area contributed by atoms with Crippen molar-refractivity contribution in [1.29, 1.82) is 0 Å². The van der Waals surface area contributed by atoms with E-state index in [1.54, 1.807) is 12.1 Å². The lowest BCUT2D eigenvalue weighted by Crippen LogP contribution is -2.33. The van der Waals surface area contributed by atoms with Gasteiger partial charge in [0.05, 0.1) is 4.90 Å². The van der Waals surface area contributed by atoms with E-state index in [4.69, 9.17) is 4.42 Å². The van der Waals surface area contributed by atoms with Crippen LogP contribution in [0.4, 0.5) is 5.88 Å². The molecule has 0 unspecified atom stereocenters. The van der Waals surface area contributed by atoms with Gasteiger partial charge in [-0.15, -0.1) is 0 Å². The zero-order chi connectivity index (χ0) is 19.6. The van der Waals surface area contributed by atoms with Crippen molar-refractivity contribution >= 4 is 15.7 Å². The molecule has 0 radical (unpaired) electrons. The maximum atomic E-state index is 13.3. The molecule has 1 aliphatic heterocycles. The molecule has 0 N–H and O–H groups in total. The van der Waals surface area contributed by atoms with Crippen LogP contribution in [0.5, 0.6) is 0 Å². The van der Waals surface area contributed by atoms with Crippen LogP contribution in [0, 0.1) is 11.8 Å². The molecule has 27 heavy (non-hydrogen) atoms. The van der Waals surface area contributed by atoms with Crippen molar-refractivity contribution in [2.45, 2.75) is 63.3 Å². The largest absolute Gasteiger partial charge is 0.424 e. The van der Waals surface area contributed by atoms with Crippen LogP contribution in [0.25, 0.3) is 0 Å². The number of piperidine rings is 1. The summed E-state index contributed by atoms with van der Waals surface area (Å²) >= 11 is 0. The van der Waals surface area contributed by atoms with E-state index in [1.165, 1.54) is 0 Å². The molecule has 0 bridgehead atoms. The summed E-state index contributed by atoms with van der Waals surface area (Å²) in [6, 6.07) is 7.08. The minimum atomic E-state index is -3.72. The van der Waals surface area contributed by atoms with Crippen molar-refractivity contribution in [3.63, 3.8) is 0 Å². The van der Waals surface area contributed by atoms with Gasteiger partial charge in [-0.3, -0.25) is 0 Å². The van der Waals surface area contributed by atoms with E-state index in [0.29, 0.717) is 30.0 Å². The molecule has 1 aromatic carbocycles. The van der Waals surface area contributed by atoms with Gasteiger partial charge in [0.1, 0.15) is 0 Å². The van der Waals surface area contributed by atoms with E-state index < -0.39 is 9.84 Å². The molecule has 1 aromatic heterocycles. The van der Waals surface area contributed by atoms with Gasteiger partial charge in [-0.2, -0.15) is 4.98 Å². The molecule has 0 amide bonds. The zero-order valence-corrected chi connectivity index (χ0v) is 17.6. The molecular weight excluding hydrogens is 360 g/mol. The van der Waals surface area contributed by atoms with Gasteiger partial charge in [0, 0.05) is 19.5 Å². The molecular formula is C21H30N2O3S. The van der Waals surface area contributed by atoms with Gasteiger partial charge in [-0.05, 0) is 48.8 Å². The summed E-state index contributed by atoms with van der Waals surface area (Å²) in [7, 11) is -3.72. The molecule has 1 saturated heterocycles. The van der Waals surface area contributed by atoms with Gasteiger partial charge < -0.3 is 9.32 Å². The normalized spacial score (nSPS) is 16.3. The third-order valence-corrected chi connectivity index (χ3v) is 6.84. The Morgan fingerprint density at radius 2 is 1.81 bits per heavy atom. The Balaban J connectivity index is 2.01. The van der Waals surface area contributed by atoms with Gasteiger partial charge in [-0.1, -0.05) is 39.8 Å². The van der Waals surface area contributed by atoms with Crippen molar-refractivity contribution in [3.8, 4) is 0 Å². The summed E-state index contributed by atoms with van der Waals surface area (Å²) < 4.78 is 32.6. The first-order valence-electron chi connectivity index (χ1n) is 9.90. The molecule has 0 aliphatic carbocycles. The van der Waals surface area contributed by atoms with E-state index >= 15 is 0 Å². The number of hydrogen-bond donors (Lipinski definition) is 0. The number of rotatable bonds is 6. The zero-order valence-electron chi connectivity index (χ0n) is 16.7. The standard InChI is InChI=1S/C21H30N2O3S/c1-5-17-6-8-18(9-7-17)27(24,25)20-21(23-12-10-16(4)11-13-23)26-19(22-20)14-15(2)3/h6-9,15-16H,5,10-14H2,1-4H3. The monoisotopic (exact) mass is 390 g/mol. The molecule has 3 rings (SSSR count). The number of sulfone groups is 1. The Bertz CT molecular complexity index is 861. The fourth-order valence-corrected chi connectivity index (χ4v) is 4.72. The topological polar surface area (TPSA) is 63.4 Å². The van der Waals surface area contributed by atoms with Crippen molar-refractivity contribution in [2.75, 3.05) is 18.0 Å². The average molecular weight is 391 g/mol. The number of oxazole rings is 1. The summed E-state index contributed by atoms with van der Waals surface area (Å²) in [5.41, 5.74) is 1.11. The summed E-state index contributed by atoms with van der Waals surface area (Å²) in [5, 5.41) is 0.0666. The fourth-order valence-electron chi connectivity index (χ4n) is 3.38. The molecule has 1 aliphatic rings. The molecule has 0 spiro atoms. The molecule has 148 valence electrons. The SMILES string of the molecule is CCc1ccc(S(=O)(=O)c2nc(CC(C)C)oc2N2CCC(C)CC2)cc1. The number of nitrogens with zero attached hydrogens (tertiary/aromatic N) is 2. The summed E-state index contributed by atoms with van der Waals surface area (Å²) in [4.78, 5) is 6.76. The van der Waals surface area contributed by atoms with Crippen molar-refractivity contribution in [2.24, 2.45) is 11.8 Å². The van der Waals surface area contributed by atoms with E-state index in [1.807, 2.05) is 17.0 Å². The van der Waals surface area contributed by atoms with Crippen LogP contribution < -0.4 is 4.90 Å². The highest BCUT2D eigenvalue weighted by molar-refractivity contribution is 7.91. The quantitative estimate of drug-likeness (QED) is 0.726. The lowest BCUT2D eigenvalue weighted by atomic mass is 9.99. The lowest BCUT2D eigenvalue weighted by Gasteiger charge is -2.30. The minimum absolute atomic E-state index is 0.0666. The van der Waals surface area contributed by atoms with Gasteiger partial charge in [0.15, 0.2) is 5.89 Å². The van der Waals surface area contributed by atoms with Crippen molar-refractivity contribution in [3.05, 3.63) is 35.7 Å². The third kappa shape index (κ3) is 4.37. The number of aromatic nitrogens is 1. The maximum absolute atomic E-state index is 13.3. The van der Waals surface area contributed by atoms with Crippen LogP contribution in [0.15, 0.2) is 38.6 Å². The second-order valence-electron chi connectivity index (χ2n) is 7.99. The molecule has 0 atom stereocenters. The van der Waals surface area contributed by atoms with Crippen molar-refractivity contribution in [1.82, 2.24) is 4.98 Å². The van der Waals surface area contributed by atoms with Crippen LogP contribution in [0.2, 0.25) is 0 Å². The van der Waals surface area contributed by atoms with Crippen LogP contribution in [0.1, 0.15) is 52.0 Å². The third-order valence-electron chi connectivity index (χ3n) is 5.17. The second-order valence-corrected chi connectivity index (χ2v) is 9.85. The highest BCUT2D eigenvalue weighted by atomic mass is 32.2. The molecule has 6 heteroatoms. The van der Waals surface area contributed by atoms with E-state index in [9.17, 15) is 8.42 Å². The van der Waals surface area contributed by atoms with Crippen LogP contribution in [-0.4, -0.2) is 26.5 Å². The average Bonchev–Trinajstić information content (AvgIpc) is 3.06. The Labute approximate surface area is 162 Å². The highest BCUT2D eigenvalue weighted by Crippen LogP contribution is 2.34. The molecule has 1 fully saturated rings. The second kappa shape index (κ2) is 8.05. The first-order chi connectivity index (χ1) is 12.8. The molecule has 5 nitrogen and oxygen atoms in total. The first-order valence-corrected chi connectivity index (χ1v) is 11.4. The number of anilines is 1. The Hall–Kier alpha value is -1.82. The fraction of sp³-hybridized carbons (Fsp3) is 0.571. The lowest BCUT2D eigenvalue weighted by molar-refractivity contribution is 0.400. The predicted molar refractivity (Wildman–Crippen MR) is 107 cm³/mol. The Kier molecular flexibility index (Phi) is 5.94.